The van der Waals surface area contributed by atoms with Gasteiger partial charge in [-0.05, 0) is 47.1 Å². The Morgan fingerprint density at radius 2 is 2.19 bits per heavy atom. The Morgan fingerprint density at radius 1 is 1.38 bits per heavy atom. The maximum absolute atomic E-state index is 3.80. The molecule has 3 unspecified atom stereocenters. The van der Waals surface area contributed by atoms with Crippen molar-refractivity contribution in [3.63, 3.8) is 0 Å². The molecular formula is C18H32N2S. The molecule has 1 aromatic heterocycles. The van der Waals surface area contributed by atoms with Crippen molar-refractivity contribution < 1.29 is 0 Å². The number of hydrogen-bond donors (Lipinski definition) is 1. The van der Waals surface area contributed by atoms with Crippen LogP contribution in [0.25, 0.3) is 0 Å². The molecule has 3 heteroatoms. The highest BCUT2D eigenvalue weighted by Gasteiger charge is 2.30. The van der Waals surface area contributed by atoms with E-state index in [0.717, 1.165) is 18.4 Å². The molecule has 0 aromatic carbocycles. The van der Waals surface area contributed by atoms with E-state index in [2.05, 4.69) is 54.7 Å². The predicted molar refractivity (Wildman–Crippen MR) is 94.1 cm³/mol. The average molecular weight is 309 g/mol. The van der Waals surface area contributed by atoms with E-state index in [1.165, 1.54) is 37.9 Å². The fourth-order valence-electron chi connectivity index (χ4n) is 3.42. The first-order chi connectivity index (χ1) is 10.1. The predicted octanol–water partition coefficient (Wildman–Crippen LogP) is 4.03. The summed E-state index contributed by atoms with van der Waals surface area (Å²) in [5.74, 6) is 1.56. The molecule has 0 aliphatic carbocycles. The average Bonchev–Trinajstić information content (AvgIpc) is 2.97. The standard InChI is InChI=1S/C18H32N2S/c1-5-15(4)18-11-19-17(10-14(2)3)12-20(18)8-6-16-7-9-21-13-16/h7,9,13-15,17-19H,5-6,8,10-12H2,1-4H3. The lowest BCUT2D eigenvalue weighted by Gasteiger charge is -2.43. The molecule has 0 bridgehead atoms. The monoisotopic (exact) mass is 308 g/mol. The van der Waals surface area contributed by atoms with E-state index in [1.807, 2.05) is 11.3 Å². The Hall–Kier alpha value is -0.380. The second-order valence-electron chi connectivity index (χ2n) is 7.06. The fraction of sp³-hybridized carbons (Fsp3) is 0.778. The van der Waals surface area contributed by atoms with Crippen LogP contribution >= 0.6 is 11.3 Å². The lowest BCUT2D eigenvalue weighted by atomic mass is 9.92. The highest BCUT2D eigenvalue weighted by molar-refractivity contribution is 7.07. The molecule has 2 nitrogen and oxygen atoms in total. The Labute approximate surface area is 134 Å². The van der Waals surface area contributed by atoms with Crippen molar-refractivity contribution in [2.75, 3.05) is 19.6 Å². The molecule has 1 N–H and O–H groups in total. The van der Waals surface area contributed by atoms with Crippen LogP contribution in [0.1, 0.15) is 46.1 Å². The third-order valence-electron chi connectivity index (χ3n) is 4.86. The summed E-state index contributed by atoms with van der Waals surface area (Å²) in [6.07, 6.45) is 3.77. The summed E-state index contributed by atoms with van der Waals surface area (Å²) in [5.41, 5.74) is 1.50. The number of thiophene rings is 1. The van der Waals surface area contributed by atoms with Gasteiger partial charge in [-0.2, -0.15) is 11.3 Å². The molecule has 0 amide bonds. The Morgan fingerprint density at radius 3 is 2.81 bits per heavy atom. The van der Waals surface area contributed by atoms with E-state index >= 15 is 0 Å². The van der Waals surface area contributed by atoms with Gasteiger partial charge in [0.1, 0.15) is 0 Å². The second-order valence-corrected chi connectivity index (χ2v) is 7.84. The van der Waals surface area contributed by atoms with E-state index in [1.54, 1.807) is 0 Å². The minimum atomic E-state index is 0.674. The van der Waals surface area contributed by atoms with Gasteiger partial charge in [0.05, 0.1) is 0 Å². The zero-order chi connectivity index (χ0) is 15.2. The highest BCUT2D eigenvalue weighted by atomic mass is 32.1. The highest BCUT2D eigenvalue weighted by Crippen LogP contribution is 2.21. The SMILES string of the molecule is CCC(C)C1CNC(CC(C)C)CN1CCc1ccsc1. The van der Waals surface area contributed by atoms with Gasteiger partial charge in [-0.3, -0.25) is 4.90 Å². The molecule has 1 fully saturated rings. The summed E-state index contributed by atoms with van der Waals surface area (Å²) in [6.45, 7) is 13.0. The molecule has 0 spiro atoms. The van der Waals surface area contributed by atoms with Crippen molar-refractivity contribution >= 4 is 11.3 Å². The molecule has 1 aromatic rings. The van der Waals surface area contributed by atoms with Crippen molar-refractivity contribution in [3.05, 3.63) is 22.4 Å². The Bertz CT molecular complexity index is 388. The van der Waals surface area contributed by atoms with E-state index in [-0.39, 0.29) is 0 Å². The van der Waals surface area contributed by atoms with Crippen LogP contribution in [-0.4, -0.2) is 36.6 Å². The molecule has 3 atom stereocenters. The molecule has 0 radical (unpaired) electrons. The van der Waals surface area contributed by atoms with Crippen LogP contribution in [0.3, 0.4) is 0 Å². The lowest BCUT2D eigenvalue weighted by molar-refractivity contribution is 0.0868. The van der Waals surface area contributed by atoms with Gasteiger partial charge in [-0.1, -0.05) is 34.1 Å². The quantitative estimate of drug-likeness (QED) is 0.818. The van der Waals surface area contributed by atoms with Crippen LogP contribution in [0, 0.1) is 11.8 Å². The second kappa shape index (κ2) is 8.30. The van der Waals surface area contributed by atoms with Crippen LogP contribution in [0.2, 0.25) is 0 Å². The van der Waals surface area contributed by atoms with Gasteiger partial charge in [0.25, 0.3) is 0 Å². The number of nitrogens with zero attached hydrogens (tertiary/aromatic N) is 1. The maximum atomic E-state index is 3.80. The third-order valence-corrected chi connectivity index (χ3v) is 5.60. The fourth-order valence-corrected chi connectivity index (χ4v) is 4.13. The van der Waals surface area contributed by atoms with Crippen molar-refractivity contribution in [1.29, 1.82) is 0 Å². The van der Waals surface area contributed by atoms with Gasteiger partial charge in [-0.25, -0.2) is 0 Å². The topological polar surface area (TPSA) is 15.3 Å². The zero-order valence-electron chi connectivity index (χ0n) is 14.1. The first kappa shape index (κ1) is 17.0. The number of piperazine rings is 1. The van der Waals surface area contributed by atoms with Gasteiger partial charge >= 0.3 is 0 Å². The summed E-state index contributed by atoms with van der Waals surface area (Å²) >= 11 is 1.82. The number of rotatable bonds is 7. The molecule has 2 rings (SSSR count). The molecule has 21 heavy (non-hydrogen) atoms. The first-order valence-electron chi connectivity index (χ1n) is 8.58. The van der Waals surface area contributed by atoms with Gasteiger partial charge in [-0.15, -0.1) is 0 Å². The number of hydrogen-bond acceptors (Lipinski definition) is 3. The summed E-state index contributed by atoms with van der Waals surface area (Å²) in [5, 5.41) is 8.29. The van der Waals surface area contributed by atoms with Crippen molar-refractivity contribution in [2.24, 2.45) is 11.8 Å². The van der Waals surface area contributed by atoms with E-state index in [4.69, 9.17) is 0 Å². The summed E-state index contributed by atoms with van der Waals surface area (Å²) in [6, 6.07) is 3.65. The summed E-state index contributed by atoms with van der Waals surface area (Å²) in [4.78, 5) is 2.76. The largest absolute Gasteiger partial charge is 0.311 e. The van der Waals surface area contributed by atoms with Gasteiger partial charge in [0.15, 0.2) is 0 Å². The zero-order valence-corrected chi connectivity index (χ0v) is 15.0. The lowest BCUT2D eigenvalue weighted by Crippen LogP contribution is -2.59. The van der Waals surface area contributed by atoms with E-state index in [9.17, 15) is 0 Å². The minimum absolute atomic E-state index is 0.674. The Balaban J connectivity index is 1.94. The molecule has 1 aliphatic heterocycles. The molecule has 120 valence electrons. The molecule has 1 saturated heterocycles. The van der Waals surface area contributed by atoms with Gasteiger partial charge in [0.2, 0.25) is 0 Å². The van der Waals surface area contributed by atoms with Crippen LogP contribution in [0.4, 0.5) is 0 Å². The van der Waals surface area contributed by atoms with Crippen LogP contribution in [0.15, 0.2) is 16.8 Å². The minimum Gasteiger partial charge on any atom is -0.311 e. The molecule has 1 aliphatic rings. The van der Waals surface area contributed by atoms with E-state index in [0.29, 0.717) is 12.1 Å². The summed E-state index contributed by atoms with van der Waals surface area (Å²) in [7, 11) is 0. The normalized spacial score (nSPS) is 25.4. The molecule has 2 heterocycles. The van der Waals surface area contributed by atoms with Gasteiger partial charge in [0, 0.05) is 31.7 Å². The third kappa shape index (κ3) is 5.08. The van der Waals surface area contributed by atoms with Crippen molar-refractivity contribution in [3.8, 4) is 0 Å². The van der Waals surface area contributed by atoms with Crippen LogP contribution in [-0.2, 0) is 6.42 Å². The molecule has 0 saturated carbocycles. The smallest absolute Gasteiger partial charge is 0.0247 e. The molecular weight excluding hydrogens is 276 g/mol. The van der Waals surface area contributed by atoms with Crippen molar-refractivity contribution in [1.82, 2.24) is 10.2 Å². The van der Waals surface area contributed by atoms with Crippen LogP contribution in [0.5, 0.6) is 0 Å². The maximum Gasteiger partial charge on any atom is 0.0247 e. The number of nitrogens with one attached hydrogen (secondary N) is 1. The van der Waals surface area contributed by atoms with Gasteiger partial charge < -0.3 is 5.32 Å². The Kier molecular flexibility index (Phi) is 6.72. The van der Waals surface area contributed by atoms with E-state index < -0.39 is 0 Å². The summed E-state index contributed by atoms with van der Waals surface area (Å²) < 4.78 is 0. The van der Waals surface area contributed by atoms with Crippen molar-refractivity contribution in [2.45, 2.75) is 59.0 Å². The first-order valence-corrected chi connectivity index (χ1v) is 9.53. The van der Waals surface area contributed by atoms with Crippen LogP contribution < -0.4 is 5.32 Å².